The van der Waals surface area contributed by atoms with Gasteiger partial charge in [0.05, 0.1) is 5.02 Å². The molecule has 0 unspecified atom stereocenters. The van der Waals surface area contributed by atoms with E-state index in [1.165, 1.54) is 18.2 Å². The Balaban J connectivity index is 2.82. The van der Waals surface area contributed by atoms with E-state index in [-0.39, 0.29) is 28.8 Å². The fourth-order valence-electron chi connectivity index (χ4n) is 1.21. The van der Waals surface area contributed by atoms with Gasteiger partial charge < -0.3 is 15.2 Å². The molecule has 0 aliphatic carbocycles. The van der Waals surface area contributed by atoms with Crippen molar-refractivity contribution in [2.45, 2.75) is 6.92 Å². The van der Waals surface area contributed by atoms with E-state index in [0.29, 0.717) is 6.54 Å². The average molecular weight is 258 g/mol. The molecule has 5 nitrogen and oxygen atoms in total. The maximum Gasteiger partial charge on any atom is 0.339 e. The van der Waals surface area contributed by atoms with Crippen LogP contribution in [0, 0.1) is 0 Å². The SMILES string of the molecule is CCNC(=O)COc1c(Cl)cccc1C(=O)O. The van der Waals surface area contributed by atoms with Crippen molar-refractivity contribution in [3.63, 3.8) is 0 Å². The van der Waals surface area contributed by atoms with Crippen molar-refractivity contribution in [2.75, 3.05) is 13.2 Å². The molecule has 92 valence electrons. The first-order chi connectivity index (χ1) is 8.06. The van der Waals surface area contributed by atoms with Gasteiger partial charge in [0.15, 0.2) is 12.4 Å². The molecule has 0 aromatic heterocycles. The van der Waals surface area contributed by atoms with Crippen LogP contribution in [0.4, 0.5) is 0 Å². The summed E-state index contributed by atoms with van der Waals surface area (Å²) < 4.78 is 5.12. The summed E-state index contributed by atoms with van der Waals surface area (Å²) in [4.78, 5) is 22.1. The number of carbonyl (C=O) groups excluding carboxylic acids is 1. The quantitative estimate of drug-likeness (QED) is 0.839. The first-order valence-corrected chi connectivity index (χ1v) is 5.35. The fraction of sp³-hybridized carbons (Fsp3) is 0.273. The summed E-state index contributed by atoms with van der Waals surface area (Å²) in [5.74, 6) is -1.48. The summed E-state index contributed by atoms with van der Waals surface area (Å²) in [6, 6.07) is 4.37. The van der Waals surface area contributed by atoms with Crippen LogP contribution in [0.5, 0.6) is 5.75 Å². The number of amides is 1. The zero-order valence-electron chi connectivity index (χ0n) is 9.20. The number of benzene rings is 1. The van der Waals surface area contributed by atoms with Crippen LogP contribution in [-0.4, -0.2) is 30.1 Å². The second-order valence-corrected chi connectivity index (χ2v) is 3.57. The monoisotopic (exact) mass is 257 g/mol. The Labute approximate surface area is 103 Å². The molecule has 0 fully saturated rings. The summed E-state index contributed by atoms with van der Waals surface area (Å²) in [6.45, 7) is 1.99. The highest BCUT2D eigenvalue weighted by Crippen LogP contribution is 2.28. The lowest BCUT2D eigenvalue weighted by Gasteiger charge is -2.10. The molecule has 17 heavy (non-hydrogen) atoms. The van der Waals surface area contributed by atoms with E-state index in [1.807, 2.05) is 0 Å². The summed E-state index contributed by atoms with van der Waals surface area (Å²) in [6.07, 6.45) is 0. The van der Waals surface area contributed by atoms with E-state index in [4.69, 9.17) is 21.4 Å². The average Bonchev–Trinajstić information content (AvgIpc) is 2.27. The molecule has 2 N–H and O–H groups in total. The number of carboxylic acids is 1. The number of aromatic carboxylic acids is 1. The Morgan fingerprint density at radius 3 is 2.76 bits per heavy atom. The second-order valence-electron chi connectivity index (χ2n) is 3.16. The van der Waals surface area contributed by atoms with Crippen LogP contribution in [-0.2, 0) is 4.79 Å². The third-order valence-electron chi connectivity index (χ3n) is 1.92. The van der Waals surface area contributed by atoms with E-state index in [0.717, 1.165) is 0 Å². The van der Waals surface area contributed by atoms with Crippen LogP contribution in [0.3, 0.4) is 0 Å². The number of likely N-dealkylation sites (N-methyl/N-ethyl adjacent to an activating group) is 1. The van der Waals surface area contributed by atoms with Gasteiger partial charge in [0.1, 0.15) is 5.56 Å². The molecule has 0 saturated carbocycles. The van der Waals surface area contributed by atoms with Crippen molar-refractivity contribution >= 4 is 23.5 Å². The van der Waals surface area contributed by atoms with Gasteiger partial charge in [-0.1, -0.05) is 17.7 Å². The number of rotatable bonds is 5. The van der Waals surface area contributed by atoms with Crippen molar-refractivity contribution in [1.82, 2.24) is 5.32 Å². The van der Waals surface area contributed by atoms with Crippen molar-refractivity contribution in [3.05, 3.63) is 28.8 Å². The minimum atomic E-state index is -1.15. The van der Waals surface area contributed by atoms with E-state index in [2.05, 4.69) is 5.32 Å². The molecule has 0 aliphatic rings. The molecule has 1 rings (SSSR count). The number of carboxylic acid groups (broad SMARTS) is 1. The van der Waals surface area contributed by atoms with Crippen LogP contribution in [0.15, 0.2) is 18.2 Å². The highest BCUT2D eigenvalue weighted by atomic mass is 35.5. The van der Waals surface area contributed by atoms with Gasteiger partial charge in [0.2, 0.25) is 0 Å². The van der Waals surface area contributed by atoms with Crippen LogP contribution in [0.25, 0.3) is 0 Å². The lowest BCUT2D eigenvalue weighted by molar-refractivity contribution is -0.123. The van der Waals surface area contributed by atoms with Gasteiger partial charge >= 0.3 is 5.97 Å². The van der Waals surface area contributed by atoms with Gasteiger partial charge in [-0.2, -0.15) is 0 Å². The van der Waals surface area contributed by atoms with Crippen molar-refractivity contribution in [1.29, 1.82) is 0 Å². The maximum absolute atomic E-state index is 11.2. The lowest BCUT2D eigenvalue weighted by Crippen LogP contribution is -2.28. The number of ether oxygens (including phenoxy) is 1. The Bertz CT molecular complexity index is 433. The minimum absolute atomic E-state index is 0.00733. The molecule has 0 radical (unpaired) electrons. The zero-order valence-corrected chi connectivity index (χ0v) is 9.95. The largest absolute Gasteiger partial charge is 0.481 e. The molecule has 0 bridgehead atoms. The molecule has 1 aromatic carbocycles. The number of nitrogens with one attached hydrogen (secondary N) is 1. The standard InChI is InChI=1S/C11H12ClNO4/c1-2-13-9(14)6-17-10-7(11(15)16)4-3-5-8(10)12/h3-5H,2,6H2,1H3,(H,13,14)(H,15,16). The van der Waals surface area contributed by atoms with Gasteiger partial charge in [0.25, 0.3) is 5.91 Å². The van der Waals surface area contributed by atoms with Gasteiger partial charge in [-0.3, -0.25) is 4.79 Å². The predicted octanol–water partition coefficient (Wildman–Crippen LogP) is 1.55. The minimum Gasteiger partial charge on any atom is -0.481 e. The Hall–Kier alpha value is -1.75. The van der Waals surface area contributed by atoms with Crippen LogP contribution in [0.2, 0.25) is 5.02 Å². The first kappa shape index (κ1) is 13.3. The van der Waals surface area contributed by atoms with E-state index >= 15 is 0 Å². The second kappa shape index (κ2) is 6.10. The fourth-order valence-corrected chi connectivity index (χ4v) is 1.44. The van der Waals surface area contributed by atoms with Crippen molar-refractivity contribution in [3.8, 4) is 5.75 Å². The first-order valence-electron chi connectivity index (χ1n) is 4.97. The van der Waals surface area contributed by atoms with Gasteiger partial charge in [-0.05, 0) is 19.1 Å². The summed E-state index contributed by atoms with van der Waals surface area (Å²) >= 11 is 5.81. The summed E-state index contributed by atoms with van der Waals surface area (Å²) in [5.41, 5.74) is -0.0678. The molecule has 1 amide bonds. The molecule has 0 heterocycles. The van der Waals surface area contributed by atoms with Gasteiger partial charge in [-0.15, -0.1) is 0 Å². The number of para-hydroxylation sites is 1. The number of hydrogen-bond donors (Lipinski definition) is 2. The molecular weight excluding hydrogens is 246 g/mol. The van der Waals surface area contributed by atoms with Crippen LogP contribution >= 0.6 is 11.6 Å². The molecule has 0 atom stereocenters. The molecule has 1 aromatic rings. The van der Waals surface area contributed by atoms with E-state index in [9.17, 15) is 9.59 Å². The van der Waals surface area contributed by atoms with Gasteiger partial charge in [0, 0.05) is 6.54 Å². The lowest BCUT2D eigenvalue weighted by atomic mass is 10.2. The smallest absolute Gasteiger partial charge is 0.339 e. The molecular formula is C11H12ClNO4. The highest BCUT2D eigenvalue weighted by Gasteiger charge is 2.15. The zero-order chi connectivity index (χ0) is 12.8. The van der Waals surface area contributed by atoms with Crippen molar-refractivity contribution in [2.24, 2.45) is 0 Å². The van der Waals surface area contributed by atoms with E-state index in [1.54, 1.807) is 6.92 Å². The number of carbonyl (C=O) groups is 2. The molecule has 0 saturated heterocycles. The van der Waals surface area contributed by atoms with Crippen LogP contribution in [0.1, 0.15) is 17.3 Å². The van der Waals surface area contributed by atoms with E-state index < -0.39 is 5.97 Å². The summed E-state index contributed by atoms with van der Waals surface area (Å²) in [7, 11) is 0. The Morgan fingerprint density at radius 1 is 1.47 bits per heavy atom. The third-order valence-corrected chi connectivity index (χ3v) is 2.22. The maximum atomic E-state index is 11.2. The highest BCUT2D eigenvalue weighted by molar-refractivity contribution is 6.32. The normalized spacial score (nSPS) is 9.76. The Morgan fingerprint density at radius 2 is 2.18 bits per heavy atom. The van der Waals surface area contributed by atoms with Crippen molar-refractivity contribution < 1.29 is 19.4 Å². The molecule has 6 heteroatoms. The number of halogens is 1. The topological polar surface area (TPSA) is 75.6 Å². The number of hydrogen-bond acceptors (Lipinski definition) is 3. The Kier molecular flexibility index (Phi) is 4.78. The summed E-state index contributed by atoms with van der Waals surface area (Å²) in [5, 5.41) is 11.6. The van der Waals surface area contributed by atoms with Gasteiger partial charge in [-0.25, -0.2) is 4.79 Å². The molecule has 0 aliphatic heterocycles. The van der Waals surface area contributed by atoms with Crippen LogP contribution < -0.4 is 10.1 Å². The third kappa shape index (κ3) is 3.64. The predicted molar refractivity (Wildman–Crippen MR) is 62.6 cm³/mol. The molecule has 0 spiro atoms.